The van der Waals surface area contributed by atoms with Crippen molar-refractivity contribution in [2.45, 2.75) is 32.4 Å². The van der Waals surface area contributed by atoms with Gasteiger partial charge in [0, 0.05) is 12.7 Å². The Balaban J connectivity index is 2.01. The molecule has 5 heteroatoms. The Morgan fingerprint density at radius 1 is 1.67 bits per heavy atom. The van der Waals surface area contributed by atoms with E-state index >= 15 is 0 Å². The van der Waals surface area contributed by atoms with Crippen molar-refractivity contribution in [2.75, 3.05) is 18.9 Å². The SMILES string of the molecule is CCOC(=O)C1CCCN1Cc1ccnc(N)c1. The second-order valence-electron chi connectivity index (χ2n) is 4.47. The zero-order chi connectivity index (χ0) is 13.0. The van der Waals surface area contributed by atoms with E-state index in [4.69, 9.17) is 10.5 Å². The molecule has 2 rings (SSSR count). The lowest BCUT2D eigenvalue weighted by Gasteiger charge is -2.22. The summed E-state index contributed by atoms with van der Waals surface area (Å²) in [6.45, 7) is 3.91. The van der Waals surface area contributed by atoms with Gasteiger partial charge in [0.15, 0.2) is 0 Å². The highest BCUT2D eigenvalue weighted by atomic mass is 16.5. The molecule has 0 aromatic carbocycles. The normalized spacial score (nSPS) is 19.9. The van der Waals surface area contributed by atoms with Crippen molar-refractivity contribution in [2.24, 2.45) is 0 Å². The first-order valence-corrected chi connectivity index (χ1v) is 6.32. The number of carbonyl (C=O) groups is 1. The van der Waals surface area contributed by atoms with Gasteiger partial charge in [-0.2, -0.15) is 0 Å². The highest BCUT2D eigenvalue weighted by Gasteiger charge is 2.31. The van der Waals surface area contributed by atoms with E-state index < -0.39 is 0 Å². The Hall–Kier alpha value is -1.62. The fourth-order valence-electron chi connectivity index (χ4n) is 2.35. The van der Waals surface area contributed by atoms with Gasteiger partial charge in [-0.15, -0.1) is 0 Å². The van der Waals surface area contributed by atoms with Crippen molar-refractivity contribution in [1.82, 2.24) is 9.88 Å². The maximum absolute atomic E-state index is 11.8. The molecule has 0 amide bonds. The minimum absolute atomic E-state index is 0.112. The second-order valence-corrected chi connectivity index (χ2v) is 4.47. The number of pyridine rings is 1. The largest absolute Gasteiger partial charge is 0.465 e. The van der Waals surface area contributed by atoms with Crippen LogP contribution in [0.1, 0.15) is 25.3 Å². The molecule has 98 valence electrons. The number of aromatic nitrogens is 1. The minimum atomic E-state index is -0.114. The first kappa shape index (κ1) is 12.8. The van der Waals surface area contributed by atoms with Crippen LogP contribution >= 0.6 is 0 Å². The first-order valence-electron chi connectivity index (χ1n) is 6.32. The van der Waals surface area contributed by atoms with Crippen LogP contribution in [0, 0.1) is 0 Å². The molecule has 18 heavy (non-hydrogen) atoms. The van der Waals surface area contributed by atoms with Crippen LogP contribution in [-0.2, 0) is 16.1 Å². The smallest absolute Gasteiger partial charge is 0.323 e. The second kappa shape index (κ2) is 5.82. The van der Waals surface area contributed by atoms with Crippen LogP contribution in [0.3, 0.4) is 0 Å². The fourth-order valence-corrected chi connectivity index (χ4v) is 2.35. The lowest BCUT2D eigenvalue weighted by molar-refractivity contribution is -0.148. The number of esters is 1. The Morgan fingerprint density at radius 3 is 3.22 bits per heavy atom. The minimum Gasteiger partial charge on any atom is -0.465 e. The van der Waals surface area contributed by atoms with Crippen LogP contribution in [0.15, 0.2) is 18.3 Å². The molecule has 1 fully saturated rings. The zero-order valence-corrected chi connectivity index (χ0v) is 10.6. The molecular formula is C13H19N3O2. The van der Waals surface area contributed by atoms with Crippen molar-refractivity contribution in [3.05, 3.63) is 23.9 Å². The lowest BCUT2D eigenvalue weighted by Crippen LogP contribution is -2.36. The summed E-state index contributed by atoms with van der Waals surface area (Å²) in [4.78, 5) is 17.9. The van der Waals surface area contributed by atoms with E-state index in [9.17, 15) is 4.79 Å². The van der Waals surface area contributed by atoms with Crippen LogP contribution in [0.2, 0.25) is 0 Å². The van der Waals surface area contributed by atoms with Gasteiger partial charge in [-0.1, -0.05) is 0 Å². The van der Waals surface area contributed by atoms with Crippen molar-refractivity contribution in [1.29, 1.82) is 0 Å². The number of carbonyl (C=O) groups excluding carboxylic acids is 1. The Bertz CT molecular complexity index is 422. The van der Waals surface area contributed by atoms with Crippen LogP contribution in [0.5, 0.6) is 0 Å². The Kier molecular flexibility index (Phi) is 4.15. The monoisotopic (exact) mass is 249 g/mol. The van der Waals surface area contributed by atoms with Gasteiger partial charge in [0.1, 0.15) is 11.9 Å². The van der Waals surface area contributed by atoms with Gasteiger partial charge < -0.3 is 10.5 Å². The molecule has 2 heterocycles. The predicted molar refractivity (Wildman–Crippen MR) is 68.7 cm³/mol. The number of nitrogen functional groups attached to an aromatic ring is 1. The first-order chi connectivity index (χ1) is 8.70. The standard InChI is InChI=1S/C13H19N3O2/c1-2-18-13(17)11-4-3-7-16(11)9-10-5-6-15-12(14)8-10/h5-6,8,11H,2-4,7,9H2,1H3,(H2,14,15). The maximum atomic E-state index is 11.8. The van der Waals surface area contributed by atoms with E-state index in [-0.39, 0.29) is 12.0 Å². The summed E-state index contributed by atoms with van der Waals surface area (Å²) < 4.78 is 5.10. The van der Waals surface area contributed by atoms with Gasteiger partial charge in [0.05, 0.1) is 6.61 Å². The molecule has 1 unspecified atom stereocenters. The van der Waals surface area contributed by atoms with Gasteiger partial charge in [-0.3, -0.25) is 9.69 Å². The van der Waals surface area contributed by atoms with Crippen molar-refractivity contribution in [3.63, 3.8) is 0 Å². The number of anilines is 1. The Labute approximate surface area is 107 Å². The number of hydrogen-bond acceptors (Lipinski definition) is 5. The lowest BCUT2D eigenvalue weighted by atomic mass is 10.2. The predicted octanol–water partition coefficient (Wildman–Crippen LogP) is 1.19. The van der Waals surface area contributed by atoms with E-state index in [0.29, 0.717) is 12.4 Å². The van der Waals surface area contributed by atoms with Gasteiger partial charge >= 0.3 is 5.97 Å². The fraction of sp³-hybridized carbons (Fsp3) is 0.538. The average Bonchev–Trinajstić information content (AvgIpc) is 2.77. The molecule has 5 nitrogen and oxygen atoms in total. The molecule has 0 spiro atoms. The topological polar surface area (TPSA) is 68.5 Å². The number of rotatable bonds is 4. The van der Waals surface area contributed by atoms with Crippen LogP contribution in [-0.4, -0.2) is 35.0 Å². The molecule has 2 N–H and O–H groups in total. The molecular weight excluding hydrogens is 230 g/mol. The van der Waals surface area contributed by atoms with Crippen molar-refractivity contribution < 1.29 is 9.53 Å². The summed E-state index contributed by atoms with van der Waals surface area (Å²) >= 11 is 0. The van der Waals surface area contributed by atoms with Gasteiger partial charge in [0.2, 0.25) is 0 Å². The molecule has 1 aromatic heterocycles. The number of hydrogen-bond donors (Lipinski definition) is 1. The molecule has 1 atom stereocenters. The van der Waals surface area contributed by atoms with E-state index in [1.807, 2.05) is 19.1 Å². The summed E-state index contributed by atoms with van der Waals surface area (Å²) in [5.41, 5.74) is 6.74. The summed E-state index contributed by atoms with van der Waals surface area (Å²) in [6.07, 6.45) is 3.60. The molecule has 0 saturated carbocycles. The van der Waals surface area contributed by atoms with Gasteiger partial charge in [-0.05, 0) is 44.0 Å². The number of ether oxygens (including phenoxy) is 1. The Morgan fingerprint density at radius 2 is 2.50 bits per heavy atom. The number of likely N-dealkylation sites (tertiary alicyclic amines) is 1. The van der Waals surface area contributed by atoms with Crippen molar-refractivity contribution in [3.8, 4) is 0 Å². The summed E-state index contributed by atoms with van der Waals surface area (Å²) in [5, 5.41) is 0. The molecule has 0 radical (unpaired) electrons. The molecule has 1 aromatic rings. The number of nitrogens with zero attached hydrogens (tertiary/aromatic N) is 2. The highest BCUT2D eigenvalue weighted by Crippen LogP contribution is 2.21. The van der Waals surface area contributed by atoms with Gasteiger partial charge in [-0.25, -0.2) is 4.98 Å². The third kappa shape index (κ3) is 2.98. The highest BCUT2D eigenvalue weighted by molar-refractivity contribution is 5.76. The summed E-state index contributed by atoms with van der Waals surface area (Å²) in [6, 6.07) is 3.66. The molecule has 1 aliphatic rings. The van der Waals surface area contributed by atoms with Crippen molar-refractivity contribution >= 4 is 11.8 Å². The van der Waals surface area contributed by atoms with E-state index in [0.717, 1.165) is 31.5 Å². The molecule has 1 saturated heterocycles. The molecule has 0 bridgehead atoms. The maximum Gasteiger partial charge on any atom is 0.323 e. The molecule has 0 aliphatic carbocycles. The van der Waals surface area contributed by atoms with Gasteiger partial charge in [0.25, 0.3) is 0 Å². The van der Waals surface area contributed by atoms with Crippen LogP contribution in [0.4, 0.5) is 5.82 Å². The third-order valence-electron chi connectivity index (χ3n) is 3.15. The summed E-state index contributed by atoms with van der Waals surface area (Å²) in [5.74, 6) is 0.399. The van der Waals surface area contributed by atoms with E-state index in [1.54, 1.807) is 6.20 Å². The van der Waals surface area contributed by atoms with E-state index in [2.05, 4.69) is 9.88 Å². The average molecular weight is 249 g/mol. The zero-order valence-electron chi connectivity index (χ0n) is 10.6. The molecule has 1 aliphatic heterocycles. The quantitative estimate of drug-likeness (QED) is 0.812. The van der Waals surface area contributed by atoms with Crippen LogP contribution < -0.4 is 5.73 Å². The summed E-state index contributed by atoms with van der Waals surface area (Å²) in [7, 11) is 0. The van der Waals surface area contributed by atoms with E-state index in [1.165, 1.54) is 0 Å². The number of nitrogens with two attached hydrogens (primary N) is 1. The third-order valence-corrected chi connectivity index (χ3v) is 3.15. The van der Waals surface area contributed by atoms with Crippen LogP contribution in [0.25, 0.3) is 0 Å².